The van der Waals surface area contributed by atoms with E-state index in [0.29, 0.717) is 16.9 Å². The van der Waals surface area contributed by atoms with Gasteiger partial charge in [-0.2, -0.15) is 0 Å². The van der Waals surface area contributed by atoms with E-state index < -0.39 is 15.9 Å². The van der Waals surface area contributed by atoms with Crippen molar-refractivity contribution in [2.45, 2.75) is 22.0 Å². The number of thioether (sulfide) groups is 1. The molecule has 3 aromatic rings. The van der Waals surface area contributed by atoms with Gasteiger partial charge in [-0.3, -0.25) is 14.3 Å². The Kier molecular flexibility index (Phi) is 5.71. The van der Waals surface area contributed by atoms with Gasteiger partial charge in [0.05, 0.1) is 16.6 Å². The van der Waals surface area contributed by atoms with Gasteiger partial charge < -0.3 is 10.6 Å². The molecule has 0 aliphatic carbocycles. The summed E-state index contributed by atoms with van der Waals surface area (Å²) in [4.78, 5) is 25.6. The first-order valence-electron chi connectivity index (χ1n) is 9.43. The Bertz CT molecular complexity index is 1260. The van der Waals surface area contributed by atoms with E-state index in [-0.39, 0.29) is 21.7 Å². The highest BCUT2D eigenvalue weighted by Gasteiger charge is 2.24. The van der Waals surface area contributed by atoms with Crippen LogP contribution in [0, 0.1) is 0 Å². The molecule has 1 heterocycles. The molecule has 158 valence electrons. The minimum absolute atomic E-state index is 0.0529. The number of nitrogens with one attached hydrogen (secondary N) is 3. The third-order valence-corrected chi connectivity index (χ3v) is 7.24. The Morgan fingerprint density at radius 3 is 2.48 bits per heavy atom. The van der Waals surface area contributed by atoms with Crippen LogP contribution < -0.4 is 15.4 Å². The second-order valence-electron chi connectivity index (χ2n) is 6.88. The smallest absolute Gasteiger partial charge is 0.263 e. The Balaban J connectivity index is 1.59. The van der Waals surface area contributed by atoms with Crippen molar-refractivity contribution in [2.75, 3.05) is 15.4 Å². The van der Waals surface area contributed by atoms with Crippen LogP contribution in [0.5, 0.6) is 0 Å². The average molecular weight is 454 g/mol. The van der Waals surface area contributed by atoms with E-state index in [0.717, 1.165) is 4.90 Å². The Morgan fingerprint density at radius 2 is 1.71 bits per heavy atom. The quantitative estimate of drug-likeness (QED) is 0.538. The SMILES string of the molecule is C[C@H]1Sc2ccc(C(=O)Nc3ccccc3S(=O)(=O)Nc3ccccc3)cc2NC1=O. The fourth-order valence-corrected chi connectivity index (χ4v) is 5.22. The summed E-state index contributed by atoms with van der Waals surface area (Å²) in [6.45, 7) is 1.81. The first-order chi connectivity index (χ1) is 14.8. The molecule has 0 fully saturated rings. The summed E-state index contributed by atoms with van der Waals surface area (Å²) >= 11 is 1.42. The van der Waals surface area contributed by atoms with Crippen molar-refractivity contribution in [3.63, 3.8) is 0 Å². The molecule has 0 unspecified atom stereocenters. The molecular formula is C22H19N3O4S2. The van der Waals surface area contributed by atoms with E-state index in [1.165, 1.54) is 23.9 Å². The largest absolute Gasteiger partial charge is 0.324 e. The van der Waals surface area contributed by atoms with Crippen molar-refractivity contribution in [3.8, 4) is 0 Å². The number of fused-ring (bicyclic) bond motifs is 1. The summed E-state index contributed by atoms with van der Waals surface area (Å²) < 4.78 is 28.3. The fourth-order valence-electron chi connectivity index (χ4n) is 3.07. The molecule has 0 radical (unpaired) electrons. The molecule has 7 nitrogen and oxygen atoms in total. The second-order valence-corrected chi connectivity index (χ2v) is 9.92. The fraction of sp³-hybridized carbons (Fsp3) is 0.0909. The predicted molar refractivity (Wildman–Crippen MR) is 122 cm³/mol. The molecule has 0 saturated carbocycles. The summed E-state index contributed by atoms with van der Waals surface area (Å²) in [5.74, 6) is -0.610. The lowest BCUT2D eigenvalue weighted by molar-refractivity contribution is -0.115. The molecule has 9 heteroatoms. The monoisotopic (exact) mass is 453 g/mol. The van der Waals surface area contributed by atoms with E-state index in [2.05, 4.69) is 15.4 Å². The topological polar surface area (TPSA) is 104 Å². The molecule has 0 saturated heterocycles. The molecule has 0 spiro atoms. The maximum atomic E-state index is 12.9. The first-order valence-corrected chi connectivity index (χ1v) is 11.8. The Hall–Kier alpha value is -3.30. The lowest BCUT2D eigenvalue weighted by atomic mass is 10.1. The number of carbonyl (C=O) groups excluding carboxylic acids is 2. The van der Waals surface area contributed by atoms with E-state index in [9.17, 15) is 18.0 Å². The maximum Gasteiger partial charge on any atom is 0.263 e. The third-order valence-electron chi connectivity index (χ3n) is 4.62. The lowest BCUT2D eigenvalue weighted by Crippen LogP contribution is -2.26. The van der Waals surface area contributed by atoms with Crippen molar-refractivity contribution in [3.05, 3.63) is 78.4 Å². The van der Waals surface area contributed by atoms with Gasteiger partial charge in [0.2, 0.25) is 5.91 Å². The number of para-hydroxylation sites is 2. The molecule has 31 heavy (non-hydrogen) atoms. The normalized spacial score (nSPS) is 15.5. The third kappa shape index (κ3) is 4.57. The Morgan fingerprint density at radius 1 is 1.00 bits per heavy atom. The maximum absolute atomic E-state index is 12.9. The molecule has 4 rings (SSSR count). The average Bonchev–Trinajstić information content (AvgIpc) is 2.75. The van der Waals surface area contributed by atoms with Crippen molar-refractivity contribution < 1.29 is 18.0 Å². The van der Waals surface area contributed by atoms with Gasteiger partial charge in [0.15, 0.2) is 0 Å². The van der Waals surface area contributed by atoms with E-state index in [1.807, 2.05) is 6.92 Å². The van der Waals surface area contributed by atoms with Crippen molar-refractivity contribution in [2.24, 2.45) is 0 Å². The molecule has 1 atom stereocenters. The zero-order valence-corrected chi connectivity index (χ0v) is 18.1. The number of amides is 2. The molecule has 3 N–H and O–H groups in total. The van der Waals surface area contributed by atoms with Gasteiger partial charge in [-0.1, -0.05) is 30.3 Å². The number of anilines is 3. The van der Waals surface area contributed by atoms with Crippen molar-refractivity contribution in [1.82, 2.24) is 0 Å². The molecular weight excluding hydrogens is 434 g/mol. The van der Waals surface area contributed by atoms with Gasteiger partial charge in [0.25, 0.3) is 15.9 Å². The van der Waals surface area contributed by atoms with Gasteiger partial charge in [0, 0.05) is 16.1 Å². The van der Waals surface area contributed by atoms with Crippen LogP contribution in [-0.4, -0.2) is 25.5 Å². The Labute approximate surface area is 184 Å². The number of hydrogen-bond donors (Lipinski definition) is 3. The number of carbonyl (C=O) groups is 2. The van der Waals surface area contributed by atoms with Gasteiger partial charge >= 0.3 is 0 Å². The van der Waals surface area contributed by atoms with Crippen LogP contribution in [0.25, 0.3) is 0 Å². The van der Waals surface area contributed by atoms with E-state index >= 15 is 0 Å². The highest BCUT2D eigenvalue weighted by atomic mass is 32.2. The zero-order valence-electron chi connectivity index (χ0n) is 16.5. The number of benzene rings is 3. The molecule has 2 amide bonds. The van der Waals surface area contributed by atoms with Crippen LogP contribution in [0.15, 0.2) is 82.6 Å². The summed E-state index contributed by atoms with van der Waals surface area (Å²) in [6, 6.07) is 19.7. The summed E-state index contributed by atoms with van der Waals surface area (Å²) in [5.41, 5.74) is 1.44. The highest BCUT2D eigenvalue weighted by molar-refractivity contribution is 8.01. The summed E-state index contributed by atoms with van der Waals surface area (Å²) in [6.07, 6.45) is 0. The van der Waals surface area contributed by atoms with Gasteiger partial charge in [0.1, 0.15) is 4.90 Å². The van der Waals surface area contributed by atoms with Crippen LogP contribution in [0.3, 0.4) is 0 Å². The van der Waals surface area contributed by atoms with Crippen LogP contribution in [0.1, 0.15) is 17.3 Å². The number of sulfonamides is 1. The molecule has 1 aliphatic heterocycles. The lowest BCUT2D eigenvalue weighted by Gasteiger charge is -2.21. The van der Waals surface area contributed by atoms with Gasteiger partial charge in [-0.05, 0) is 49.4 Å². The molecule has 3 aromatic carbocycles. The van der Waals surface area contributed by atoms with Crippen LogP contribution in [0.2, 0.25) is 0 Å². The first kappa shape index (κ1) is 21.0. The van der Waals surface area contributed by atoms with E-state index in [1.54, 1.807) is 60.7 Å². The summed E-state index contributed by atoms with van der Waals surface area (Å²) in [5, 5.41) is 5.25. The van der Waals surface area contributed by atoms with Crippen LogP contribution in [0.4, 0.5) is 17.1 Å². The molecule has 0 bridgehead atoms. The molecule has 1 aliphatic rings. The second kappa shape index (κ2) is 8.44. The molecule has 0 aromatic heterocycles. The van der Waals surface area contributed by atoms with Crippen molar-refractivity contribution in [1.29, 1.82) is 0 Å². The van der Waals surface area contributed by atoms with Gasteiger partial charge in [-0.25, -0.2) is 8.42 Å². The number of hydrogen-bond acceptors (Lipinski definition) is 5. The highest BCUT2D eigenvalue weighted by Crippen LogP contribution is 2.36. The standard InChI is InChI=1S/C22H19N3O4S2/c1-14-21(26)24-18-13-15(11-12-19(18)30-14)22(27)23-17-9-5-6-10-20(17)31(28,29)25-16-7-3-2-4-8-16/h2-14,25H,1H3,(H,23,27)(H,24,26)/t14-/m1/s1. The predicted octanol–water partition coefficient (Wildman–Crippen LogP) is 4.17. The van der Waals surface area contributed by atoms with Crippen molar-refractivity contribution >= 4 is 50.7 Å². The minimum Gasteiger partial charge on any atom is -0.324 e. The number of rotatable bonds is 5. The van der Waals surface area contributed by atoms with Crippen LogP contribution >= 0.6 is 11.8 Å². The van der Waals surface area contributed by atoms with Gasteiger partial charge in [-0.15, -0.1) is 11.8 Å². The van der Waals surface area contributed by atoms with E-state index in [4.69, 9.17) is 0 Å². The summed E-state index contributed by atoms with van der Waals surface area (Å²) in [7, 11) is -3.92. The zero-order chi connectivity index (χ0) is 22.0. The minimum atomic E-state index is -3.92. The van der Waals surface area contributed by atoms with Crippen LogP contribution in [-0.2, 0) is 14.8 Å².